The van der Waals surface area contributed by atoms with Crippen molar-refractivity contribution in [2.75, 3.05) is 13.7 Å². The number of H-pyrrole nitrogens is 1. The van der Waals surface area contributed by atoms with Crippen molar-refractivity contribution in [2.45, 2.75) is 44.3 Å². The third-order valence-electron chi connectivity index (χ3n) is 10.4. The average Bonchev–Trinajstić information content (AvgIpc) is 3.47. The van der Waals surface area contributed by atoms with Gasteiger partial charge in [-0.2, -0.15) is 0 Å². The molecule has 5 heterocycles. The Labute approximate surface area is 264 Å². The van der Waals surface area contributed by atoms with E-state index in [1.807, 2.05) is 54.4 Å². The molecular weight excluding hydrogens is 578 g/mol. The first-order chi connectivity index (χ1) is 22.4. The molecule has 10 heteroatoms. The van der Waals surface area contributed by atoms with Crippen LogP contribution in [0.15, 0.2) is 65.5 Å². The zero-order valence-electron chi connectivity index (χ0n) is 25.9. The van der Waals surface area contributed by atoms with Crippen LogP contribution >= 0.6 is 0 Å². The zero-order chi connectivity index (χ0) is 31.3. The van der Waals surface area contributed by atoms with Gasteiger partial charge in [0, 0.05) is 60.3 Å². The number of likely N-dealkylation sites (tertiary alicyclic amines) is 1. The summed E-state index contributed by atoms with van der Waals surface area (Å²) in [6.07, 6.45) is 4.45. The highest BCUT2D eigenvalue weighted by atomic mass is 16.5. The fourth-order valence-electron chi connectivity index (χ4n) is 7.79. The van der Waals surface area contributed by atoms with Crippen molar-refractivity contribution in [3.8, 4) is 28.5 Å². The van der Waals surface area contributed by atoms with E-state index in [-0.39, 0.29) is 23.6 Å². The highest BCUT2D eigenvalue weighted by Crippen LogP contribution is 2.40. The second kappa shape index (κ2) is 10.0. The number of ether oxygens (including phenoxy) is 1. The number of carbonyl (C=O) groups is 1. The van der Waals surface area contributed by atoms with E-state index >= 15 is 0 Å². The highest BCUT2D eigenvalue weighted by Gasteiger charge is 2.47. The number of rotatable bonds is 6. The van der Waals surface area contributed by atoms with Gasteiger partial charge in [0.25, 0.3) is 5.91 Å². The van der Waals surface area contributed by atoms with Crippen LogP contribution in [0.25, 0.3) is 55.7 Å². The Kier molecular flexibility index (Phi) is 5.96. The van der Waals surface area contributed by atoms with Crippen LogP contribution in [-0.4, -0.2) is 60.6 Å². The summed E-state index contributed by atoms with van der Waals surface area (Å²) >= 11 is 0. The Bertz CT molecular complexity index is 2280. The number of amides is 1. The minimum absolute atomic E-state index is 0.00704. The number of nitrogens with zero attached hydrogens (tertiary/aromatic N) is 5. The normalized spacial score (nSPS) is 20.8. The van der Waals surface area contributed by atoms with Crippen LogP contribution in [0.1, 0.15) is 36.0 Å². The average molecular weight is 614 g/mol. The molecule has 0 spiro atoms. The first-order valence-electron chi connectivity index (χ1n) is 16.1. The number of hydrogen-bond donors (Lipinski definition) is 2. The molecule has 3 fully saturated rings. The standard InChI is InChI=1S/C36H35N7O3/c1-41-33-27(14-24(16-30(33)46-2)36(45)43-18-23-8-11-28(43)32(23)37)40-35(41)29-15-22-7-10-25(39-34(22)42(29)17-19-3-4-19)21-6-5-20-9-12-31(44)38-26(20)13-21/h5-7,9-10,12-16,19,23,28,32H,3-4,8,11,17-18,37H2,1-2H3,(H,38,44)/t23?,28?,32-/m1/s1. The predicted octanol–water partition coefficient (Wildman–Crippen LogP) is 5.08. The van der Waals surface area contributed by atoms with Gasteiger partial charge in [0.15, 0.2) is 5.82 Å². The molecule has 2 aliphatic carbocycles. The van der Waals surface area contributed by atoms with Crippen molar-refractivity contribution >= 4 is 38.9 Å². The van der Waals surface area contributed by atoms with E-state index in [2.05, 4.69) is 26.3 Å². The minimum Gasteiger partial charge on any atom is -0.494 e. The lowest BCUT2D eigenvalue weighted by molar-refractivity contribution is 0.0700. The lowest BCUT2D eigenvalue weighted by Crippen LogP contribution is -2.41. The number of imidazole rings is 1. The molecule has 6 aromatic rings. The number of aromatic amines is 1. The number of benzene rings is 2. The quantitative estimate of drug-likeness (QED) is 0.270. The molecule has 3 aliphatic rings. The number of carbonyl (C=O) groups excluding carboxylic acids is 1. The van der Waals surface area contributed by atoms with Gasteiger partial charge < -0.3 is 29.5 Å². The summed E-state index contributed by atoms with van der Waals surface area (Å²) in [5.41, 5.74) is 12.9. The SMILES string of the molecule is COc1cc(C(=O)N2CC3CCC2[C@@H]3N)cc2nc(-c3cc4ccc(-c5ccc6ccc(=O)[nH]c6c5)nc4n3CC3CC3)n(C)c12. The van der Waals surface area contributed by atoms with Gasteiger partial charge in [0.1, 0.15) is 16.9 Å². The van der Waals surface area contributed by atoms with Gasteiger partial charge in [-0.1, -0.05) is 12.1 Å². The summed E-state index contributed by atoms with van der Waals surface area (Å²) in [5.74, 6) is 2.39. The van der Waals surface area contributed by atoms with E-state index in [0.717, 1.165) is 75.1 Å². The molecule has 232 valence electrons. The van der Waals surface area contributed by atoms with Gasteiger partial charge >= 0.3 is 0 Å². The molecule has 2 bridgehead atoms. The molecule has 2 aromatic carbocycles. The summed E-state index contributed by atoms with van der Waals surface area (Å²) in [6, 6.07) is 19.6. The Balaban J connectivity index is 1.15. The lowest BCUT2D eigenvalue weighted by atomic mass is 10.1. The fourth-order valence-corrected chi connectivity index (χ4v) is 7.79. The maximum absolute atomic E-state index is 13.7. The number of nitrogens with one attached hydrogen (secondary N) is 1. The number of methoxy groups -OCH3 is 1. The molecular formula is C36H35N7O3. The van der Waals surface area contributed by atoms with Crippen LogP contribution < -0.4 is 16.0 Å². The van der Waals surface area contributed by atoms with Crippen molar-refractivity contribution in [1.29, 1.82) is 0 Å². The van der Waals surface area contributed by atoms with Crippen LogP contribution in [0.3, 0.4) is 0 Å². The summed E-state index contributed by atoms with van der Waals surface area (Å²) in [7, 11) is 3.64. The first-order valence-corrected chi connectivity index (χ1v) is 16.1. The molecule has 0 radical (unpaired) electrons. The molecule has 1 saturated heterocycles. The third-order valence-corrected chi connectivity index (χ3v) is 10.4. The second-order valence-corrected chi connectivity index (χ2v) is 13.3. The number of aryl methyl sites for hydroxylation is 1. The molecule has 1 aliphatic heterocycles. The maximum Gasteiger partial charge on any atom is 0.254 e. The monoisotopic (exact) mass is 613 g/mol. The van der Waals surface area contributed by atoms with Crippen LogP contribution in [0.2, 0.25) is 0 Å². The van der Waals surface area contributed by atoms with Gasteiger partial charge in [-0.05, 0) is 85.4 Å². The minimum atomic E-state index is -0.126. The van der Waals surface area contributed by atoms with Crippen LogP contribution in [0, 0.1) is 11.8 Å². The van der Waals surface area contributed by atoms with Gasteiger partial charge in [0.2, 0.25) is 5.56 Å². The molecule has 46 heavy (non-hydrogen) atoms. The van der Waals surface area contributed by atoms with E-state index < -0.39 is 0 Å². The predicted molar refractivity (Wildman–Crippen MR) is 178 cm³/mol. The Morgan fingerprint density at radius 3 is 2.59 bits per heavy atom. The summed E-state index contributed by atoms with van der Waals surface area (Å²) in [5, 5.41) is 2.01. The fraction of sp³-hybridized carbons (Fsp3) is 0.333. The molecule has 9 rings (SSSR count). The molecule has 3 atom stereocenters. The Hall–Kier alpha value is -4.96. The maximum atomic E-state index is 13.7. The molecule has 10 nitrogen and oxygen atoms in total. The summed E-state index contributed by atoms with van der Waals surface area (Å²) in [4.78, 5) is 40.9. The molecule has 2 saturated carbocycles. The van der Waals surface area contributed by atoms with Crippen molar-refractivity contribution in [1.82, 2.24) is 29.0 Å². The highest BCUT2D eigenvalue weighted by molar-refractivity contribution is 6.00. The van der Waals surface area contributed by atoms with Crippen LogP contribution in [0.4, 0.5) is 0 Å². The number of nitrogens with two attached hydrogens (primary N) is 1. The molecule has 4 aromatic heterocycles. The number of pyridine rings is 2. The van der Waals surface area contributed by atoms with Gasteiger partial charge in [-0.25, -0.2) is 9.97 Å². The van der Waals surface area contributed by atoms with E-state index in [1.54, 1.807) is 13.2 Å². The van der Waals surface area contributed by atoms with Crippen molar-refractivity contribution in [3.05, 3.63) is 76.6 Å². The number of hydrogen-bond acceptors (Lipinski definition) is 6. The number of fused-ring (bicyclic) bond motifs is 5. The zero-order valence-corrected chi connectivity index (χ0v) is 25.9. The number of aromatic nitrogens is 5. The second-order valence-electron chi connectivity index (χ2n) is 13.3. The van der Waals surface area contributed by atoms with Crippen molar-refractivity contribution < 1.29 is 9.53 Å². The lowest BCUT2D eigenvalue weighted by Gasteiger charge is -2.27. The molecule has 1 amide bonds. The van der Waals surface area contributed by atoms with E-state index in [0.29, 0.717) is 29.7 Å². The summed E-state index contributed by atoms with van der Waals surface area (Å²) in [6.45, 7) is 1.56. The molecule has 2 unspecified atom stereocenters. The van der Waals surface area contributed by atoms with E-state index in [4.69, 9.17) is 20.4 Å². The Morgan fingerprint density at radius 1 is 1.00 bits per heavy atom. The van der Waals surface area contributed by atoms with Crippen molar-refractivity contribution in [3.63, 3.8) is 0 Å². The van der Waals surface area contributed by atoms with Gasteiger partial charge in [-0.3, -0.25) is 9.59 Å². The topological polar surface area (TPSA) is 124 Å². The van der Waals surface area contributed by atoms with E-state index in [1.165, 1.54) is 12.8 Å². The smallest absolute Gasteiger partial charge is 0.254 e. The van der Waals surface area contributed by atoms with Crippen LogP contribution in [-0.2, 0) is 13.6 Å². The first kappa shape index (κ1) is 27.4. The van der Waals surface area contributed by atoms with E-state index in [9.17, 15) is 9.59 Å². The molecule has 3 N–H and O–H groups in total. The Morgan fingerprint density at radius 2 is 1.83 bits per heavy atom. The summed E-state index contributed by atoms with van der Waals surface area (Å²) < 4.78 is 10.2. The largest absolute Gasteiger partial charge is 0.494 e. The van der Waals surface area contributed by atoms with Gasteiger partial charge in [-0.15, -0.1) is 0 Å². The van der Waals surface area contributed by atoms with Crippen LogP contribution in [0.5, 0.6) is 5.75 Å². The third kappa shape index (κ3) is 4.20. The van der Waals surface area contributed by atoms with Crippen molar-refractivity contribution in [2.24, 2.45) is 24.6 Å². The van der Waals surface area contributed by atoms with Gasteiger partial charge in [0.05, 0.1) is 24.0 Å². The number of piperidine rings is 1.